The fourth-order valence-corrected chi connectivity index (χ4v) is 3.93. The van der Waals surface area contributed by atoms with Gasteiger partial charge in [0, 0.05) is 16.9 Å². The number of hydrogen-bond acceptors (Lipinski definition) is 5. The zero-order valence-electron chi connectivity index (χ0n) is 14.9. The van der Waals surface area contributed by atoms with Crippen LogP contribution < -0.4 is 16.2 Å². The van der Waals surface area contributed by atoms with E-state index in [1.165, 1.54) is 0 Å². The molecule has 0 saturated heterocycles. The van der Waals surface area contributed by atoms with Gasteiger partial charge < -0.3 is 16.2 Å². The highest BCUT2D eigenvalue weighted by Crippen LogP contribution is 2.51. The number of fused-ring (bicyclic) bond motifs is 4. The number of nitriles is 1. The van der Waals surface area contributed by atoms with Crippen molar-refractivity contribution in [2.75, 3.05) is 11.5 Å². The number of hydrogen-bond donors (Lipinski definition) is 2. The number of ether oxygens (including phenoxy) is 1. The third-order valence-corrected chi connectivity index (χ3v) is 5.22. The lowest BCUT2D eigenvalue weighted by molar-refractivity contribution is 0.440. The second-order valence-corrected chi connectivity index (χ2v) is 6.77. The van der Waals surface area contributed by atoms with Crippen molar-refractivity contribution in [1.29, 1.82) is 5.26 Å². The van der Waals surface area contributed by atoms with Crippen molar-refractivity contribution in [3.63, 3.8) is 0 Å². The van der Waals surface area contributed by atoms with Gasteiger partial charge >= 0.3 is 0 Å². The number of rotatable bonds is 1. The van der Waals surface area contributed by atoms with Crippen LogP contribution in [0.4, 0.5) is 11.5 Å². The molecule has 134 valence electrons. The van der Waals surface area contributed by atoms with Gasteiger partial charge in [-0.05, 0) is 10.9 Å². The molecule has 0 bridgehead atoms. The molecule has 5 heteroatoms. The highest BCUT2D eigenvalue weighted by atomic mass is 16.5. The van der Waals surface area contributed by atoms with E-state index in [1.807, 2.05) is 54.6 Å². The second kappa shape index (κ2) is 6.00. The monoisotopic (exact) mass is 364 g/mol. The van der Waals surface area contributed by atoms with Gasteiger partial charge in [0.2, 0.25) is 5.88 Å². The molecule has 4 N–H and O–H groups in total. The van der Waals surface area contributed by atoms with E-state index in [0.29, 0.717) is 17.1 Å². The Morgan fingerprint density at radius 1 is 0.929 bits per heavy atom. The number of benzene rings is 3. The zero-order valence-corrected chi connectivity index (χ0v) is 14.9. The van der Waals surface area contributed by atoms with Crippen LogP contribution in [0.2, 0.25) is 0 Å². The van der Waals surface area contributed by atoms with Crippen molar-refractivity contribution in [2.45, 2.75) is 5.92 Å². The van der Waals surface area contributed by atoms with Gasteiger partial charge in [-0.2, -0.15) is 10.2 Å². The minimum atomic E-state index is -0.204. The average molecular weight is 364 g/mol. The second-order valence-electron chi connectivity index (χ2n) is 6.77. The van der Waals surface area contributed by atoms with Crippen LogP contribution in [0, 0.1) is 11.3 Å². The van der Waals surface area contributed by atoms with E-state index in [9.17, 15) is 5.26 Å². The van der Waals surface area contributed by atoms with E-state index in [-0.39, 0.29) is 17.3 Å². The predicted octanol–water partition coefficient (Wildman–Crippen LogP) is 4.56. The Morgan fingerprint density at radius 2 is 1.68 bits per heavy atom. The van der Waals surface area contributed by atoms with Gasteiger partial charge in [0.15, 0.2) is 0 Å². The van der Waals surface area contributed by atoms with E-state index >= 15 is 0 Å². The molecule has 1 aromatic heterocycles. The molecule has 1 aliphatic heterocycles. The molecule has 1 atom stereocenters. The predicted molar refractivity (Wildman–Crippen MR) is 109 cm³/mol. The summed E-state index contributed by atoms with van der Waals surface area (Å²) >= 11 is 0. The van der Waals surface area contributed by atoms with Crippen LogP contribution >= 0.6 is 0 Å². The fourth-order valence-electron chi connectivity index (χ4n) is 3.93. The molecular weight excluding hydrogens is 348 g/mol. The zero-order chi connectivity index (χ0) is 19.3. The van der Waals surface area contributed by atoms with Crippen LogP contribution in [0.25, 0.3) is 10.8 Å². The fraction of sp³-hybridized carbons (Fsp3) is 0.0435. The Hall–Kier alpha value is -4.04. The Morgan fingerprint density at radius 3 is 2.46 bits per heavy atom. The largest absolute Gasteiger partial charge is 0.438 e. The van der Waals surface area contributed by atoms with Gasteiger partial charge in [-0.3, -0.25) is 0 Å². The van der Waals surface area contributed by atoms with Crippen molar-refractivity contribution >= 4 is 22.3 Å². The quantitative estimate of drug-likeness (QED) is 0.454. The molecule has 0 amide bonds. The summed E-state index contributed by atoms with van der Waals surface area (Å²) < 4.78 is 6.22. The molecule has 0 fully saturated rings. The third kappa shape index (κ3) is 2.22. The van der Waals surface area contributed by atoms with E-state index < -0.39 is 0 Å². The maximum absolute atomic E-state index is 9.50. The van der Waals surface area contributed by atoms with Crippen LogP contribution in [-0.2, 0) is 0 Å². The molecule has 5 nitrogen and oxygen atoms in total. The van der Waals surface area contributed by atoms with E-state index in [1.54, 1.807) is 0 Å². The molecule has 28 heavy (non-hydrogen) atoms. The molecule has 4 aromatic rings. The minimum Gasteiger partial charge on any atom is -0.438 e. The smallest absolute Gasteiger partial charge is 0.227 e. The van der Waals surface area contributed by atoms with Crippen molar-refractivity contribution in [1.82, 2.24) is 4.98 Å². The van der Waals surface area contributed by atoms with E-state index in [2.05, 4.69) is 23.2 Å². The maximum Gasteiger partial charge on any atom is 0.227 e. The number of nitrogen functional groups attached to an aromatic ring is 2. The molecule has 5 rings (SSSR count). The summed E-state index contributed by atoms with van der Waals surface area (Å²) in [6.45, 7) is 0. The summed E-state index contributed by atoms with van der Waals surface area (Å²) in [5.74, 6) is 0.973. The number of nitrogens with two attached hydrogens (primary N) is 2. The van der Waals surface area contributed by atoms with E-state index in [4.69, 9.17) is 16.2 Å². The summed E-state index contributed by atoms with van der Waals surface area (Å²) in [5.41, 5.74) is 15.6. The van der Waals surface area contributed by atoms with Crippen LogP contribution in [0.15, 0.2) is 66.7 Å². The minimum absolute atomic E-state index is 0.0780. The molecule has 0 aliphatic carbocycles. The Bertz CT molecular complexity index is 1280. The van der Waals surface area contributed by atoms with Crippen LogP contribution in [-0.4, -0.2) is 4.98 Å². The van der Waals surface area contributed by atoms with Gasteiger partial charge in [-0.15, -0.1) is 0 Å². The summed E-state index contributed by atoms with van der Waals surface area (Å²) in [7, 11) is 0. The topological polar surface area (TPSA) is 98.0 Å². The molecule has 1 aliphatic rings. The Labute approximate surface area is 161 Å². The lowest BCUT2D eigenvalue weighted by Crippen LogP contribution is -2.17. The Balaban J connectivity index is 1.88. The normalized spacial score (nSPS) is 14.6. The molecule has 0 spiro atoms. The van der Waals surface area contributed by atoms with Crippen molar-refractivity contribution < 1.29 is 4.74 Å². The van der Waals surface area contributed by atoms with Gasteiger partial charge in [0.1, 0.15) is 23.2 Å². The first kappa shape index (κ1) is 16.2. The molecule has 2 heterocycles. The molecule has 0 saturated carbocycles. The SMILES string of the molecule is N#Cc1c(N)nc2c(c1N)[C@H](c1ccccc1)c1ccc3ccccc3c1O2. The standard InChI is InChI=1S/C23H16N4O/c24-12-17-20(25)19-18(14-7-2-1-3-8-14)16-11-10-13-6-4-5-9-15(13)21(16)28-23(19)27-22(17)26/h1-11,18H,(H4,25,26,27)/t18-/m1/s1. The molecule has 3 aromatic carbocycles. The molecule has 0 unspecified atom stereocenters. The molecule has 0 radical (unpaired) electrons. The van der Waals surface area contributed by atoms with Crippen LogP contribution in [0.5, 0.6) is 11.6 Å². The number of nitrogens with zero attached hydrogens (tertiary/aromatic N) is 2. The summed E-state index contributed by atoms with van der Waals surface area (Å²) in [6, 6.07) is 24.3. The van der Waals surface area contributed by atoms with Gasteiger partial charge in [-0.25, -0.2) is 0 Å². The first-order valence-corrected chi connectivity index (χ1v) is 8.92. The van der Waals surface area contributed by atoms with E-state index in [0.717, 1.165) is 27.6 Å². The first-order valence-electron chi connectivity index (χ1n) is 8.92. The van der Waals surface area contributed by atoms with Gasteiger partial charge in [0.05, 0.1) is 11.3 Å². The lowest BCUT2D eigenvalue weighted by Gasteiger charge is -2.30. The first-order chi connectivity index (χ1) is 13.7. The number of anilines is 2. The summed E-state index contributed by atoms with van der Waals surface area (Å²) in [6.07, 6.45) is 0. The number of pyridine rings is 1. The van der Waals surface area contributed by atoms with Crippen molar-refractivity contribution in [3.05, 3.63) is 89.0 Å². The van der Waals surface area contributed by atoms with Crippen molar-refractivity contribution in [2.24, 2.45) is 0 Å². The highest BCUT2D eigenvalue weighted by molar-refractivity contribution is 5.91. The summed E-state index contributed by atoms with van der Waals surface area (Å²) in [4.78, 5) is 4.38. The van der Waals surface area contributed by atoms with Gasteiger partial charge in [-0.1, -0.05) is 66.7 Å². The summed E-state index contributed by atoms with van der Waals surface area (Å²) in [5, 5.41) is 11.6. The average Bonchev–Trinajstić information content (AvgIpc) is 2.73. The van der Waals surface area contributed by atoms with Crippen LogP contribution in [0.3, 0.4) is 0 Å². The van der Waals surface area contributed by atoms with Gasteiger partial charge in [0.25, 0.3) is 0 Å². The Kier molecular flexibility index (Phi) is 3.46. The highest BCUT2D eigenvalue weighted by Gasteiger charge is 2.34. The third-order valence-electron chi connectivity index (χ3n) is 5.22. The van der Waals surface area contributed by atoms with Crippen LogP contribution in [0.1, 0.15) is 28.2 Å². The number of aromatic nitrogens is 1. The van der Waals surface area contributed by atoms with Crippen molar-refractivity contribution in [3.8, 4) is 17.7 Å². The lowest BCUT2D eigenvalue weighted by atomic mass is 9.81. The maximum atomic E-state index is 9.50. The molecular formula is C23H16N4O.